The van der Waals surface area contributed by atoms with Gasteiger partial charge in [-0.15, -0.1) is 0 Å². The summed E-state index contributed by atoms with van der Waals surface area (Å²) in [7, 11) is 0. The summed E-state index contributed by atoms with van der Waals surface area (Å²) < 4.78 is 1.39. The predicted molar refractivity (Wildman–Crippen MR) is 53.9 cm³/mol. The standard InChI is InChI=1S/C11H8N2O2/c1-8(14)15-13-5-4-10-6-9(7-12)2-3-11(10)13/h2-6H,1H3. The van der Waals surface area contributed by atoms with Gasteiger partial charge in [0.15, 0.2) is 0 Å². The molecule has 0 fully saturated rings. The van der Waals surface area contributed by atoms with E-state index >= 15 is 0 Å². The van der Waals surface area contributed by atoms with Gasteiger partial charge in [-0.2, -0.15) is 9.99 Å². The van der Waals surface area contributed by atoms with Crippen LogP contribution in [0.3, 0.4) is 0 Å². The maximum atomic E-state index is 10.8. The van der Waals surface area contributed by atoms with Crippen molar-refractivity contribution in [1.29, 1.82) is 5.26 Å². The first-order valence-corrected chi connectivity index (χ1v) is 4.41. The maximum absolute atomic E-state index is 10.8. The zero-order valence-electron chi connectivity index (χ0n) is 8.10. The molecule has 0 atom stereocenters. The summed E-state index contributed by atoms with van der Waals surface area (Å²) in [6, 6.07) is 9.02. The van der Waals surface area contributed by atoms with E-state index in [-0.39, 0.29) is 5.97 Å². The van der Waals surface area contributed by atoms with Gasteiger partial charge in [0.2, 0.25) is 0 Å². The van der Waals surface area contributed by atoms with Crippen LogP contribution < -0.4 is 4.84 Å². The van der Waals surface area contributed by atoms with Gasteiger partial charge in [0, 0.05) is 18.5 Å². The number of rotatable bonds is 1. The number of hydrogen-bond acceptors (Lipinski definition) is 3. The van der Waals surface area contributed by atoms with Crippen molar-refractivity contribution in [3.05, 3.63) is 36.0 Å². The van der Waals surface area contributed by atoms with Gasteiger partial charge in [0.05, 0.1) is 17.1 Å². The molecule has 0 aliphatic rings. The van der Waals surface area contributed by atoms with Crippen LogP contribution in [0, 0.1) is 11.3 Å². The fraction of sp³-hybridized carbons (Fsp3) is 0.0909. The summed E-state index contributed by atoms with van der Waals surface area (Å²) >= 11 is 0. The number of benzene rings is 1. The Morgan fingerprint density at radius 3 is 2.93 bits per heavy atom. The van der Waals surface area contributed by atoms with Crippen molar-refractivity contribution in [2.45, 2.75) is 6.92 Å². The molecule has 0 aliphatic heterocycles. The lowest BCUT2D eigenvalue weighted by molar-refractivity contribution is -0.140. The summed E-state index contributed by atoms with van der Waals surface area (Å²) in [5.74, 6) is -0.378. The zero-order valence-corrected chi connectivity index (χ0v) is 8.10. The maximum Gasteiger partial charge on any atom is 0.329 e. The van der Waals surface area contributed by atoms with Gasteiger partial charge in [-0.05, 0) is 24.3 Å². The topological polar surface area (TPSA) is 55.0 Å². The normalized spacial score (nSPS) is 9.87. The Bertz CT molecular complexity index is 563. The van der Waals surface area contributed by atoms with Crippen molar-refractivity contribution in [3.8, 4) is 6.07 Å². The highest BCUT2D eigenvalue weighted by Crippen LogP contribution is 2.16. The van der Waals surface area contributed by atoms with Crippen molar-refractivity contribution in [3.63, 3.8) is 0 Å². The molecule has 0 bridgehead atoms. The Balaban J connectivity index is 2.53. The zero-order chi connectivity index (χ0) is 10.8. The third-order valence-electron chi connectivity index (χ3n) is 2.01. The summed E-state index contributed by atoms with van der Waals surface area (Å²) in [4.78, 5) is 15.7. The molecule has 0 saturated heterocycles. The Labute approximate surface area is 86.2 Å². The SMILES string of the molecule is CC(=O)On1ccc2cc(C#N)ccc21. The van der Waals surface area contributed by atoms with Crippen molar-refractivity contribution in [2.75, 3.05) is 0 Å². The molecule has 1 heterocycles. The fourth-order valence-electron chi connectivity index (χ4n) is 1.40. The molecular weight excluding hydrogens is 192 g/mol. The minimum atomic E-state index is -0.378. The molecule has 1 aromatic heterocycles. The Morgan fingerprint density at radius 2 is 2.27 bits per heavy atom. The molecule has 15 heavy (non-hydrogen) atoms. The smallest absolute Gasteiger partial charge is 0.329 e. The van der Waals surface area contributed by atoms with Crippen molar-refractivity contribution >= 4 is 16.9 Å². The summed E-state index contributed by atoms with van der Waals surface area (Å²) in [6.07, 6.45) is 1.65. The van der Waals surface area contributed by atoms with E-state index in [1.165, 1.54) is 11.7 Å². The minimum Gasteiger partial charge on any atom is -0.337 e. The monoisotopic (exact) mass is 200 g/mol. The van der Waals surface area contributed by atoms with Crippen LogP contribution in [0.25, 0.3) is 10.9 Å². The Morgan fingerprint density at radius 1 is 1.47 bits per heavy atom. The van der Waals surface area contributed by atoms with Gasteiger partial charge in [-0.1, -0.05) is 0 Å². The highest BCUT2D eigenvalue weighted by molar-refractivity contribution is 5.82. The van der Waals surface area contributed by atoms with Gasteiger partial charge in [-0.3, -0.25) is 0 Å². The minimum absolute atomic E-state index is 0.378. The third-order valence-corrected chi connectivity index (χ3v) is 2.01. The van der Waals surface area contributed by atoms with Gasteiger partial charge in [-0.25, -0.2) is 4.79 Å². The van der Waals surface area contributed by atoms with E-state index in [4.69, 9.17) is 10.1 Å². The van der Waals surface area contributed by atoms with Crippen LogP contribution in [-0.2, 0) is 4.79 Å². The number of carbonyl (C=O) groups is 1. The average Bonchev–Trinajstić information content (AvgIpc) is 2.60. The lowest BCUT2D eigenvalue weighted by Crippen LogP contribution is -2.14. The van der Waals surface area contributed by atoms with Gasteiger partial charge in [0.1, 0.15) is 0 Å². The van der Waals surface area contributed by atoms with E-state index < -0.39 is 0 Å². The largest absolute Gasteiger partial charge is 0.337 e. The van der Waals surface area contributed by atoms with Crippen LogP contribution in [0.2, 0.25) is 0 Å². The van der Waals surface area contributed by atoms with Crippen LogP contribution in [0.1, 0.15) is 12.5 Å². The molecule has 0 aliphatic carbocycles. The summed E-state index contributed by atoms with van der Waals surface area (Å²) in [5, 5.41) is 9.58. The molecule has 4 heteroatoms. The fourth-order valence-corrected chi connectivity index (χ4v) is 1.40. The molecule has 2 aromatic rings. The van der Waals surface area contributed by atoms with Crippen molar-refractivity contribution in [2.24, 2.45) is 0 Å². The molecule has 0 saturated carbocycles. The summed E-state index contributed by atoms with van der Waals surface area (Å²) in [6.45, 7) is 1.34. The number of fused-ring (bicyclic) bond motifs is 1. The Kier molecular flexibility index (Phi) is 2.14. The molecular formula is C11H8N2O2. The van der Waals surface area contributed by atoms with E-state index in [1.807, 2.05) is 0 Å². The predicted octanol–water partition coefficient (Wildman–Crippen LogP) is 1.49. The quantitative estimate of drug-likeness (QED) is 0.700. The molecule has 0 spiro atoms. The van der Waals surface area contributed by atoms with Crippen LogP contribution in [0.5, 0.6) is 0 Å². The van der Waals surface area contributed by atoms with E-state index in [2.05, 4.69) is 6.07 Å². The molecule has 2 rings (SSSR count). The first-order valence-electron chi connectivity index (χ1n) is 4.41. The molecule has 0 radical (unpaired) electrons. The highest BCUT2D eigenvalue weighted by Gasteiger charge is 2.04. The lowest BCUT2D eigenvalue weighted by Gasteiger charge is -2.02. The second-order valence-electron chi connectivity index (χ2n) is 3.11. The summed E-state index contributed by atoms with van der Waals surface area (Å²) in [5.41, 5.74) is 1.35. The molecule has 74 valence electrons. The second-order valence-corrected chi connectivity index (χ2v) is 3.11. The van der Waals surface area contributed by atoms with Gasteiger partial charge >= 0.3 is 5.97 Å². The third kappa shape index (κ3) is 1.67. The van der Waals surface area contributed by atoms with Gasteiger partial charge in [0.25, 0.3) is 0 Å². The van der Waals surface area contributed by atoms with Crippen LogP contribution in [0.4, 0.5) is 0 Å². The molecule has 0 unspecified atom stereocenters. The number of aromatic nitrogens is 1. The highest BCUT2D eigenvalue weighted by atomic mass is 16.7. The molecule has 1 aromatic carbocycles. The number of carbonyl (C=O) groups excluding carboxylic acids is 1. The average molecular weight is 200 g/mol. The molecule has 0 amide bonds. The van der Waals surface area contributed by atoms with Crippen LogP contribution in [-0.4, -0.2) is 10.7 Å². The molecule has 0 N–H and O–H groups in total. The van der Waals surface area contributed by atoms with E-state index in [1.54, 1.807) is 30.5 Å². The first kappa shape index (κ1) is 9.28. The van der Waals surface area contributed by atoms with E-state index in [0.29, 0.717) is 5.56 Å². The van der Waals surface area contributed by atoms with Crippen molar-refractivity contribution in [1.82, 2.24) is 4.73 Å². The van der Waals surface area contributed by atoms with E-state index in [0.717, 1.165) is 10.9 Å². The second kappa shape index (κ2) is 3.46. The number of hydrogen-bond donors (Lipinski definition) is 0. The number of nitrogens with zero attached hydrogens (tertiary/aromatic N) is 2. The van der Waals surface area contributed by atoms with E-state index in [9.17, 15) is 4.79 Å². The van der Waals surface area contributed by atoms with Crippen LogP contribution >= 0.6 is 0 Å². The Hall–Kier alpha value is -2.28. The molecule has 4 nitrogen and oxygen atoms in total. The first-order chi connectivity index (χ1) is 7.20. The van der Waals surface area contributed by atoms with Crippen LogP contribution in [0.15, 0.2) is 30.5 Å². The van der Waals surface area contributed by atoms with Gasteiger partial charge < -0.3 is 4.84 Å². The number of nitriles is 1. The lowest BCUT2D eigenvalue weighted by atomic mass is 10.2. The van der Waals surface area contributed by atoms with Crippen molar-refractivity contribution < 1.29 is 9.63 Å².